The molecule has 4 saturated heterocycles. The summed E-state index contributed by atoms with van der Waals surface area (Å²) < 4.78 is 0. The van der Waals surface area contributed by atoms with Gasteiger partial charge < -0.3 is 20.9 Å². The van der Waals surface area contributed by atoms with Crippen LogP contribution in [0.15, 0.2) is 0 Å². The van der Waals surface area contributed by atoms with E-state index >= 15 is 0 Å². The predicted octanol–water partition coefficient (Wildman–Crippen LogP) is -0.287. The van der Waals surface area contributed by atoms with E-state index in [9.17, 15) is 9.59 Å². The second kappa shape index (κ2) is 10.4. The highest BCUT2D eigenvalue weighted by atomic mass is 16.2. The topological polar surface area (TPSA) is 88.7 Å². The molecule has 4 unspecified atom stereocenters. The van der Waals surface area contributed by atoms with Crippen molar-refractivity contribution in [1.82, 2.24) is 31.1 Å². The van der Waals surface area contributed by atoms with Crippen LogP contribution >= 0.6 is 0 Å². The molecule has 4 atom stereocenters. The molecule has 0 saturated carbocycles. The van der Waals surface area contributed by atoms with Crippen LogP contribution in [0, 0.1) is 11.8 Å². The van der Waals surface area contributed by atoms with Gasteiger partial charge in [-0.25, -0.2) is 0 Å². The summed E-state index contributed by atoms with van der Waals surface area (Å²) in [6.45, 7) is 6.49. The Balaban J connectivity index is 1.06. The molecule has 4 aliphatic rings. The van der Waals surface area contributed by atoms with E-state index in [1.807, 2.05) is 11.9 Å². The number of carbonyl (C=O) groups excluding carboxylic acids is 2. The Morgan fingerprint density at radius 2 is 1.90 bits per heavy atom. The van der Waals surface area contributed by atoms with Gasteiger partial charge in [0.15, 0.2) is 0 Å². The van der Waals surface area contributed by atoms with E-state index in [4.69, 9.17) is 0 Å². The van der Waals surface area contributed by atoms with Gasteiger partial charge in [-0.2, -0.15) is 0 Å². The lowest BCUT2D eigenvalue weighted by molar-refractivity contribution is -0.137. The number of unbranched alkanes of at least 4 members (excludes halogenated alkanes) is 1. The Morgan fingerprint density at radius 1 is 1.07 bits per heavy atom. The number of rotatable bonds is 7. The maximum atomic E-state index is 12.6. The van der Waals surface area contributed by atoms with Crippen molar-refractivity contribution >= 4 is 11.8 Å². The van der Waals surface area contributed by atoms with Crippen molar-refractivity contribution in [3.05, 3.63) is 0 Å². The molecule has 4 heterocycles. The number of piperidine rings is 2. The summed E-state index contributed by atoms with van der Waals surface area (Å²) in [6, 6.07) is 0.514. The van der Waals surface area contributed by atoms with Crippen LogP contribution in [0.3, 0.4) is 0 Å². The number of carbonyl (C=O) groups is 2. The Kier molecular flexibility index (Phi) is 7.62. The Hall–Kier alpha value is -1.22. The van der Waals surface area contributed by atoms with E-state index in [0.717, 1.165) is 84.3 Å². The van der Waals surface area contributed by atoms with Gasteiger partial charge in [0.1, 0.15) is 6.17 Å². The molecule has 0 aromatic rings. The summed E-state index contributed by atoms with van der Waals surface area (Å²) in [7, 11) is 2.02. The molecule has 2 amide bonds. The first-order chi connectivity index (χ1) is 14.6. The van der Waals surface area contributed by atoms with Crippen molar-refractivity contribution < 1.29 is 9.59 Å². The van der Waals surface area contributed by atoms with Crippen LogP contribution in [0.4, 0.5) is 0 Å². The number of nitrogens with zero attached hydrogens (tertiary/aromatic N) is 2. The van der Waals surface area contributed by atoms with Crippen molar-refractivity contribution in [2.75, 3.05) is 52.9 Å². The van der Waals surface area contributed by atoms with Crippen LogP contribution in [0.2, 0.25) is 0 Å². The third-order valence-electron chi connectivity index (χ3n) is 7.62. The molecule has 4 fully saturated rings. The number of hydrogen-bond donors (Lipinski definition) is 4. The van der Waals surface area contributed by atoms with Gasteiger partial charge in [-0.05, 0) is 64.1 Å². The average molecular weight is 421 g/mol. The minimum Gasteiger partial charge on any atom is -0.355 e. The fourth-order valence-corrected chi connectivity index (χ4v) is 5.65. The monoisotopic (exact) mass is 420 g/mol. The van der Waals surface area contributed by atoms with Crippen molar-refractivity contribution in [2.45, 2.75) is 63.2 Å². The summed E-state index contributed by atoms with van der Waals surface area (Å²) in [5.41, 5.74) is 0. The van der Waals surface area contributed by atoms with Gasteiger partial charge in [0, 0.05) is 38.8 Å². The van der Waals surface area contributed by atoms with Crippen molar-refractivity contribution in [3.63, 3.8) is 0 Å². The van der Waals surface area contributed by atoms with Gasteiger partial charge in [0.2, 0.25) is 5.91 Å². The summed E-state index contributed by atoms with van der Waals surface area (Å²) in [5.74, 6) is 1.75. The maximum absolute atomic E-state index is 12.6. The third kappa shape index (κ3) is 5.33. The summed E-state index contributed by atoms with van der Waals surface area (Å²) in [6.07, 6.45) is 7.59. The molecule has 4 N–H and O–H groups in total. The first-order valence-electron chi connectivity index (χ1n) is 12.1. The van der Waals surface area contributed by atoms with Crippen LogP contribution in [0.5, 0.6) is 0 Å². The second-order valence-corrected chi connectivity index (χ2v) is 9.71. The van der Waals surface area contributed by atoms with Crippen molar-refractivity contribution in [3.8, 4) is 0 Å². The van der Waals surface area contributed by atoms with Crippen molar-refractivity contribution in [1.29, 1.82) is 0 Å². The zero-order valence-electron chi connectivity index (χ0n) is 18.5. The zero-order chi connectivity index (χ0) is 20.9. The SMILES string of the molecule is CN1CCNC1C(=O)N1CCC(CCCCNC(=O)C2CC3CNCCC3N2)CC1. The number of nitrogens with one attached hydrogen (secondary N) is 4. The first kappa shape index (κ1) is 22.0. The molecule has 0 bridgehead atoms. The molecule has 30 heavy (non-hydrogen) atoms. The first-order valence-corrected chi connectivity index (χ1v) is 12.1. The summed E-state index contributed by atoms with van der Waals surface area (Å²) in [5, 5.41) is 13.4. The summed E-state index contributed by atoms with van der Waals surface area (Å²) >= 11 is 0. The largest absolute Gasteiger partial charge is 0.355 e. The van der Waals surface area contributed by atoms with Gasteiger partial charge in [-0.15, -0.1) is 0 Å². The number of likely N-dealkylation sites (N-methyl/N-ethyl adjacent to an activating group) is 1. The number of amides is 2. The van der Waals surface area contributed by atoms with Gasteiger partial charge in [0.25, 0.3) is 5.91 Å². The molecule has 0 aliphatic carbocycles. The predicted molar refractivity (Wildman–Crippen MR) is 117 cm³/mol. The zero-order valence-corrected chi connectivity index (χ0v) is 18.5. The van der Waals surface area contributed by atoms with E-state index in [1.54, 1.807) is 0 Å². The highest BCUT2D eigenvalue weighted by Gasteiger charge is 2.38. The lowest BCUT2D eigenvalue weighted by atomic mass is 9.91. The van der Waals surface area contributed by atoms with Crippen LogP contribution in [0.1, 0.15) is 44.9 Å². The minimum atomic E-state index is -0.125. The van der Waals surface area contributed by atoms with Gasteiger partial charge in [-0.3, -0.25) is 19.8 Å². The van der Waals surface area contributed by atoms with E-state index in [2.05, 4.69) is 26.2 Å². The van der Waals surface area contributed by atoms with E-state index < -0.39 is 0 Å². The fourth-order valence-electron chi connectivity index (χ4n) is 5.65. The Morgan fingerprint density at radius 3 is 2.63 bits per heavy atom. The number of fused-ring (bicyclic) bond motifs is 1. The van der Waals surface area contributed by atoms with Gasteiger partial charge >= 0.3 is 0 Å². The quantitative estimate of drug-likeness (QED) is 0.424. The van der Waals surface area contributed by atoms with Crippen LogP contribution < -0.4 is 21.3 Å². The normalized spacial score (nSPS) is 32.9. The molecule has 8 nitrogen and oxygen atoms in total. The number of hydrogen-bond acceptors (Lipinski definition) is 6. The molecule has 0 radical (unpaired) electrons. The molecule has 0 aromatic carbocycles. The highest BCUT2D eigenvalue weighted by molar-refractivity contribution is 5.82. The smallest absolute Gasteiger partial charge is 0.254 e. The molecule has 4 rings (SSSR count). The van der Waals surface area contributed by atoms with Gasteiger partial charge in [0.05, 0.1) is 6.04 Å². The second-order valence-electron chi connectivity index (χ2n) is 9.71. The maximum Gasteiger partial charge on any atom is 0.254 e. The molecule has 170 valence electrons. The molecule has 0 spiro atoms. The van der Waals surface area contributed by atoms with Crippen LogP contribution in [0.25, 0.3) is 0 Å². The van der Waals surface area contributed by atoms with E-state index in [1.165, 1.54) is 6.42 Å². The Labute approximate surface area is 180 Å². The van der Waals surface area contributed by atoms with E-state index in [0.29, 0.717) is 17.9 Å². The van der Waals surface area contributed by atoms with Crippen LogP contribution in [-0.2, 0) is 9.59 Å². The van der Waals surface area contributed by atoms with Crippen LogP contribution in [-0.4, -0.2) is 92.7 Å². The third-order valence-corrected chi connectivity index (χ3v) is 7.62. The van der Waals surface area contributed by atoms with E-state index in [-0.39, 0.29) is 24.0 Å². The standard InChI is InChI=1S/C22H40N6O2/c1-27-13-10-24-20(27)22(30)28-11-6-16(7-12-28)4-2-3-8-25-21(29)19-14-17-15-23-9-5-18(17)26-19/h16-20,23-24,26H,2-15H2,1H3,(H,25,29). The molecule has 0 aromatic heterocycles. The lowest BCUT2D eigenvalue weighted by Gasteiger charge is -2.34. The molecular weight excluding hydrogens is 380 g/mol. The average Bonchev–Trinajstić information content (AvgIpc) is 3.39. The highest BCUT2D eigenvalue weighted by Crippen LogP contribution is 2.25. The van der Waals surface area contributed by atoms with Crippen molar-refractivity contribution in [2.24, 2.45) is 11.8 Å². The lowest BCUT2D eigenvalue weighted by Crippen LogP contribution is -2.51. The molecule has 8 heteroatoms. The minimum absolute atomic E-state index is 0.00448. The summed E-state index contributed by atoms with van der Waals surface area (Å²) in [4.78, 5) is 29.2. The van der Waals surface area contributed by atoms with Gasteiger partial charge in [-0.1, -0.05) is 12.8 Å². The molecular formula is C22H40N6O2. The Bertz CT molecular complexity index is 580. The number of likely N-dealkylation sites (tertiary alicyclic amines) is 1. The fraction of sp³-hybridized carbons (Fsp3) is 0.909. The molecule has 4 aliphatic heterocycles.